The minimum atomic E-state index is -0.529. The molecule has 0 aromatic heterocycles. The van der Waals surface area contributed by atoms with E-state index >= 15 is 0 Å². The van der Waals surface area contributed by atoms with Gasteiger partial charge >= 0.3 is 7.12 Å². The van der Waals surface area contributed by atoms with Crippen molar-refractivity contribution in [3.63, 3.8) is 0 Å². The Hall–Kier alpha value is -1.08. The van der Waals surface area contributed by atoms with Crippen LogP contribution >= 0.6 is 11.6 Å². The summed E-state index contributed by atoms with van der Waals surface area (Å²) in [5.74, 6) is -0.0175. The molecule has 0 aliphatic carbocycles. The molecule has 2 saturated heterocycles. The minimum absolute atomic E-state index is 0.0175. The zero-order valence-corrected chi connectivity index (χ0v) is 16.3. The van der Waals surface area contributed by atoms with E-state index in [-0.39, 0.29) is 11.9 Å². The fourth-order valence-electron chi connectivity index (χ4n) is 3.16. The molecule has 136 valence electrons. The van der Waals surface area contributed by atoms with Crippen LogP contribution in [0.15, 0.2) is 18.2 Å². The highest BCUT2D eigenvalue weighted by atomic mass is 35.5. The van der Waals surface area contributed by atoms with Crippen LogP contribution in [0.4, 0.5) is 0 Å². The number of hydrogen-bond donors (Lipinski definition) is 1. The molecule has 1 unspecified atom stereocenters. The average Bonchev–Trinajstić information content (AvgIpc) is 3.12. The lowest BCUT2D eigenvalue weighted by molar-refractivity contribution is 0.00578. The number of hydrogen-bond acceptors (Lipinski definition) is 4. The van der Waals surface area contributed by atoms with Gasteiger partial charge in [-0.15, -0.1) is 0 Å². The summed E-state index contributed by atoms with van der Waals surface area (Å²) in [6.07, 6.45) is 0.974. The molecular formula is C18H26BClN2O3. The second-order valence-electron chi connectivity index (χ2n) is 7.89. The summed E-state index contributed by atoms with van der Waals surface area (Å²) in [7, 11) is 1.31. The van der Waals surface area contributed by atoms with Gasteiger partial charge in [0.05, 0.1) is 11.2 Å². The van der Waals surface area contributed by atoms with E-state index in [1.165, 1.54) is 0 Å². The fourth-order valence-corrected chi connectivity index (χ4v) is 3.43. The van der Waals surface area contributed by atoms with Gasteiger partial charge in [0.1, 0.15) is 0 Å². The monoisotopic (exact) mass is 364 g/mol. The fraction of sp³-hybridized carbons (Fsp3) is 0.611. The van der Waals surface area contributed by atoms with Crippen molar-refractivity contribution < 1.29 is 14.1 Å². The lowest BCUT2D eigenvalue weighted by atomic mass is 9.78. The Kier molecular flexibility index (Phi) is 4.92. The van der Waals surface area contributed by atoms with Crippen LogP contribution in [-0.4, -0.2) is 55.3 Å². The maximum atomic E-state index is 12.7. The number of nitrogens with zero attached hydrogens (tertiary/aromatic N) is 1. The molecule has 0 radical (unpaired) electrons. The van der Waals surface area contributed by atoms with Crippen molar-refractivity contribution in [3.05, 3.63) is 28.8 Å². The summed E-state index contributed by atoms with van der Waals surface area (Å²) in [5.41, 5.74) is 0.484. The molecule has 3 rings (SSSR count). The van der Waals surface area contributed by atoms with Crippen LogP contribution in [0.2, 0.25) is 5.02 Å². The molecule has 0 saturated carbocycles. The molecule has 5 nitrogen and oxygen atoms in total. The number of likely N-dealkylation sites (N-methyl/N-ethyl adjacent to an activating group) is 1. The largest absolute Gasteiger partial charge is 0.496 e. The molecule has 0 spiro atoms. The zero-order valence-electron chi connectivity index (χ0n) is 15.6. The van der Waals surface area contributed by atoms with Crippen LogP contribution in [-0.2, 0) is 9.31 Å². The maximum Gasteiger partial charge on any atom is 0.496 e. The SMILES string of the molecule is CN(C(=O)c1ccc(B2OC(C)(C)C(C)(C)O2)c(Cl)c1)C1CCNC1. The van der Waals surface area contributed by atoms with Crippen molar-refractivity contribution in [2.24, 2.45) is 0 Å². The summed E-state index contributed by atoms with van der Waals surface area (Å²) < 4.78 is 12.1. The van der Waals surface area contributed by atoms with E-state index in [0.717, 1.165) is 25.0 Å². The quantitative estimate of drug-likeness (QED) is 0.834. The smallest absolute Gasteiger partial charge is 0.399 e. The predicted molar refractivity (Wildman–Crippen MR) is 101 cm³/mol. The van der Waals surface area contributed by atoms with Crippen LogP contribution < -0.4 is 10.8 Å². The van der Waals surface area contributed by atoms with Crippen molar-refractivity contribution in [1.82, 2.24) is 10.2 Å². The van der Waals surface area contributed by atoms with Crippen molar-refractivity contribution in [2.75, 3.05) is 20.1 Å². The molecule has 0 bridgehead atoms. The summed E-state index contributed by atoms with van der Waals surface area (Å²) in [6.45, 7) is 9.80. The lowest BCUT2D eigenvalue weighted by Gasteiger charge is -2.32. The Morgan fingerprint density at radius 2 is 1.92 bits per heavy atom. The first-order valence-electron chi connectivity index (χ1n) is 8.75. The van der Waals surface area contributed by atoms with Gasteiger partial charge in [0.2, 0.25) is 0 Å². The molecule has 1 atom stereocenters. The van der Waals surface area contributed by atoms with E-state index in [2.05, 4.69) is 5.32 Å². The highest BCUT2D eigenvalue weighted by molar-refractivity contribution is 6.65. The Labute approximate surface area is 155 Å². The van der Waals surface area contributed by atoms with Crippen LogP contribution in [0.25, 0.3) is 0 Å². The minimum Gasteiger partial charge on any atom is -0.399 e. The van der Waals surface area contributed by atoms with E-state index in [1.807, 2.05) is 40.8 Å². The third-order valence-corrected chi connectivity index (χ3v) is 5.98. The lowest BCUT2D eigenvalue weighted by Crippen LogP contribution is -2.41. The molecule has 1 N–H and O–H groups in total. The number of nitrogens with one attached hydrogen (secondary N) is 1. The average molecular weight is 365 g/mol. The summed E-state index contributed by atoms with van der Waals surface area (Å²) >= 11 is 6.46. The van der Waals surface area contributed by atoms with E-state index in [9.17, 15) is 4.79 Å². The topological polar surface area (TPSA) is 50.8 Å². The second kappa shape index (κ2) is 6.58. The first kappa shape index (κ1) is 18.7. The standard InChI is InChI=1S/C18H26BClN2O3/c1-17(2)18(3,4)25-19(24-17)14-7-6-12(10-15(14)20)16(23)22(5)13-8-9-21-11-13/h6-7,10,13,21H,8-9,11H2,1-5H3. The van der Waals surface area contributed by atoms with Crippen molar-refractivity contribution in [1.29, 1.82) is 0 Å². The van der Waals surface area contributed by atoms with Gasteiger partial charge in [-0.2, -0.15) is 0 Å². The van der Waals surface area contributed by atoms with Gasteiger partial charge < -0.3 is 19.5 Å². The van der Waals surface area contributed by atoms with Gasteiger partial charge in [-0.1, -0.05) is 17.7 Å². The van der Waals surface area contributed by atoms with E-state index in [1.54, 1.807) is 17.0 Å². The van der Waals surface area contributed by atoms with Crippen LogP contribution in [0, 0.1) is 0 Å². The van der Waals surface area contributed by atoms with Crippen molar-refractivity contribution in [3.8, 4) is 0 Å². The number of carbonyl (C=O) groups is 1. The number of halogens is 1. The summed E-state index contributed by atoms with van der Waals surface area (Å²) in [5, 5.41) is 3.77. The Bertz CT molecular complexity index is 658. The number of benzene rings is 1. The molecule has 7 heteroatoms. The molecule has 2 heterocycles. The van der Waals surface area contributed by atoms with Gasteiger partial charge in [-0.05, 0) is 52.8 Å². The van der Waals surface area contributed by atoms with Gasteiger partial charge in [0.15, 0.2) is 0 Å². The van der Waals surface area contributed by atoms with E-state index in [0.29, 0.717) is 10.6 Å². The Morgan fingerprint density at radius 1 is 1.28 bits per heavy atom. The van der Waals surface area contributed by atoms with Gasteiger partial charge in [0, 0.05) is 35.7 Å². The normalized spacial score (nSPS) is 24.6. The zero-order chi connectivity index (χ0) is 18.4. The van der Waals surface area contributed by atoms with Crippen molar-refractivity contribution >= 4 is 30.1 Å². The summed E-state index contributed by atoms with van der Waals surface area (Å²) in [4.78, 5) is 14.5. The highest BCUT2D eigenvalue weighted by Crippen LogP contribution is 2.37. The Morgan fingerprint density at radius 3 is 2.44 bits per heavy atom. The molecule has 2 fully saturated rings. The van der Waals surface area contributed by atoms with Gasteiger partial charge in [-0.3, -0.25) is 4.79 Å². The Balaban J connectivity index is 1.78. The molecule has 1 aromatic rings. The number of carbonyl (C=O) groups excluding carboxylic acids is 1. The number of amides is 1. The summed E-state index contributed by atoms with van der Waals surface area (Å²) in [6, 6.07) is 5.57. The molecule has 2 aliphatic heterocycles. The van der Waals surface area contributed by atoms with E-state index in [4.69, 9.17) is 20.9 Å². The molecule has 25 heavy (non-hydrogen) atoms. The predicted octanol–water partition coefficient (Wildman–Crippen LogP) is 2.07. The third-order valence-electron chi connectivity index (χ3n) is 5.66. The first-order valence-corrected chi connectivity index (χ1v) is 9.13. The molecular weight excluding hydrogens is 338 g/mol. The van der Waals surface area contributed by atoms with Gasteiger partial charge in [-0.25, -0.2) is 0 Å². The third kappa shape index (κ3) is 3.45. The van der Waals surface area contributed by atoms with E-state index < -0.39 is 18.3 Å². The first-order chi connectivity index (χ1) is 11.6. The van der Waals surface area contributed by atoms with Crippen LogP contribution in [0.1, 0.15) is 44.5 Å². The maximum absolute atomic E-state index is 12.7. The second-order valence-corrected chi connectivity index (χ2v) is 8.29. The molecule has 1 amide bonds. The van der Waals surface area contributed by atoms with Crippen LogP contribution in [0.5, 0.6) is 0 Å². The molecule has 2 aliphatic rings. The van der Waals surface area contributed by atoms with Crippen molar-refractivity contribution in [2.45, 2.75) is 51.4 Å². The highest BCUT2D eigenvalue weighted by Gasteiger charge is 2.52. The van der Waals surface area contributed by atoms with Crippen LogP contribution in [0.3, 0.4) is 0 Å². The molecule has 1 aromatic carbocycles. The number of rotatable bonds is 3. The van der Waals surface area contributed by atoms with Gasteiger partial charge in [0.25, 0.3) is 5.91 Å².